The summed E-state index contributed by atoms with van der Waals surface area (Å²) < 4.78 is 25.2. The zero-order valence-electron chi connectivity index (χ0n) is 12.8. The van der Waals surface area contributed by atoms with E-state index in [0.29, 0.717) is 11.4 Å². The lowest BCUT2D eigenvalue weighted by Crippen LogP contribution is -2.39. The van der Waals surface area contributed by atoms with Crippen molar-refractivity contribution in [3.8, 4) is 0 Å². The molecule has 5 nitrogen and oxygen atoms in total. The number of thiophene rings is 1. The number of amides is 1. The molecule has 1 unspecified atom stereocenters. The van der Waals surface area contributed by atoms with Crippen LogP contribution in [0.15, 0.2) is 51.6 Å². The van der Waals surface area contributed by atoms with E-state index >= 15 is 0 Å². The molecular formula is C15H19ClN2O3S2. The summed E-state index contributed by atoms with van der Waals surface area (Å²) in [5, 5.41) is 0. The lowest BCUT2D eigenvalue weighted by molar-refractivity contribution is 0.0753. The molecule has 0 bridgehead atoms. The first-order valence-corrected chi connectivity index (χ1v) is 9.05. The molecule has 2 aromatic rings. The highest BCUT2D eigenvalue weighted by atomic mass is 35.5. The fourth-order valence-corrected chi connectivity index (χ4v) is 4.54. The maximum Gasteiger partial charge on any atom is 0.263 e. The van der Waals surface area contributed by atoms with E-state index in [1.807, 2.05) is 6.92 Å². The molecule has 1 amide bonds. The Morgan fingerprint density at radius 2 is 1.83 bits per heavy atom. The topological polar surface area (TPSA) is 80.5 Å². The Bertz CT molecular complexity index is 760. The van der Waals surface area contributed by atoms with E-state index < -0.39 is 9.84 Å². The Kier molecular flexibility index (Phi) is 6.76. The third-order valence-corrected chi connectivity index (χ3v) is 6.77. The highest BCUT2D eigenvalue weighted by Crippen LogP contribution is 2.28. The Balaban J connectivity index is 0.00000264. The average Bonchev–Trinajstić information content (AvgIpc) is 3.04. The van der Waals surface area contributed by atoms with Crippen LogP contribution in [-0.2, 0) is 9.84 Å². The van der Waals surface area contributed by atoms with Crippen LogP contribution < -0.4 is 5.73 Å². The van der Waals surface area contributed by atoms with E-state index in [9.17, 15) is 13.2 Å². The SMILES string of the molecule is CC(CN)N(C)C(=O)c1ccc(S(=O)(=O)c2ccccc2)s1.Cl. The Labute approximate surface area is 146 Å². The van der Waals surface area contributed by atoms with Gasteiger partial charge in [-0.25, -0.2) is 8.42 Å². The van der Waals surface area contributed by atoms with E-state index in [4.69, 9.17) is 5.73 Å². The van der Waals surface area contributed by atoms with Crippen molar-refractivity contribution in [1.29, 1.82) is 0 Å². The quantitative estimate of drug-likeness (QED) is 0.871. The van der Waals surface area contributed by atoms with Gasteiger partial charge in [-0.05, 0) is 31.2 Å². The molecule has 0 aliphatic rings. The van der Waals surface area contributed by atoms with Gasteiger partial charge in [0.25, 0.3) is 5.91 Å². The third kappa shape index (κ3) is 4.11. The van der Waals surface area contributed by atoms with Gasteiger partial charge in [-0.1, -0.05) is 18.2 Å². The van der Waals surface area contributed by atoms with Crippen LogP contribution >= 0.6 is 23.7 Å². The first-order valence-electron chi connectivity index (χ1n) is 6.75. The van der Waals surface area contributed by atoms with Gasteiger partial charge in [-0.3, -0.25) is 4.79 Å². The van der Waals surface area contributed by atoms with E-state index in [1.165, 1.54) is 11.0 Å². The van der Waals surface area contributed by atoms with Crippen molar-refractivity contribution in [2.75, 3.05) is 13.6 Å². The van der Waals surface area contributed by atoms with Crippen molar-refractivity contribution < 1.29 is 13.2 Å². The Morgan fingerprint density at radius 3 is 2.39 bits per heavy atom. The lowest BCUT2D eigenvalue weighted by Gasteiger charge is -2.22. The Morgan fingerprint density at radius 1 is 1.22 bits per heavy atom. The highest BCUT2D eigenvalue weighted by Gasteiger charge is 2.23. The van der Waals surface area contributed by atoms with Gasteiger partial charge < -0.3 is 10.6 Å². The largest absolute Gasteiger partial charge is 0.337 e. The standard InChI is InChI=1S/C15H18N2O3S2.ClH/c1-11(10-16)17(2)15(18)13-8-9-14(21-13)22(19,20)12-6-4-3-5-7-12;/h3-9,11H,10,16H2,1-2H3;1H. The summed E-state index contributed by atoms with van der Waals surface area (Å²) in [4.78, 5) is 14.4. The maximum atomic E-state index is 12.5. The van der Waals surface area contributed by atoms with Gasteiger partial charge in [0.2, 0.25) is 9.84 Å². The van der Waals surface area contributed by atoms with Gasteiger partial charge in [0.05, 0.1) is 9.77 Å². The van der Waals surface area contributed by atoms with Gasteiger partial charge in [0.1, 0.15) is 4.21 Å². The normalized spacial score (nSPS) is 12.3. The smallest absolute Gasteiger partial charge is 0.263 e. The molecule has 0 spiro atoms. The number of benzene rings is 1. The van der Waals surface area contributed by atoms with Crippen molar-refractivity contribution in [3.05, 3.63) is 47.3 Å². The molecule has 8 heteroatoms. The number of carbonyl (C=O) groups is 1. The molecule has 0 fully saturated rings. The molecule has 1 aromatic heterocycles. The van der Waals surface area contributed by atoms with Gasteiger partial charge in [0.15, 0.2) is 0 Å². The van der Waals surface area contributed by atoms with Crippen LogP contribution in [0.5, 0.6) is 0 Å². The molecule has 1 atom stereocenters. The zero-order valence-corrected chi connectivity index (χ0v) is 15.2. The number of halogens is 1. The van der Waals surface area contributed by atoms with Gasteiger partial charge in [0, 0.05) is 19.6 Å². The summed E-state index contributed by atoms with van der Waals surface area (Å²) in [6.07, 6.45) is 0. The number of nitrogens with two attached hydrogens (primary N) is 1. The van der Waals surface area contributed by atoms with Crippen LogP contribution in [0, 0.1) is 0 Å². The van der Waals surface area contributed by atoms with Gasteiger partial charge >= 0.3 is 0 Å². The van der Waals surface area contributed by atoms with E-state index in [-0.39, 0.29) is 33.5 Å². The van der Waals surface area contributed by atoms with Crippen LogP contribution in [0.25, 0.3) is 0 Å². The molecular weight excluding hydrogens is 356 g/mol. The van der Waals surface area contributed by atoms with Crippen LogP contribution in [-0.4, -0.2) is 38.9 Å². The van der Waals surface area contributed by atoms with Crippen molar-refractivity contribution in [2.45, 2.75) is 22.1 Å². The summed E-state index contributed by atoms with van der Waals surface area (Å²) in [6.45, 7) is 2.19. The summed E-state index contributed by atoms with van der Waals surface area (Å²) in [5.74, 6) is -0.225. The molecule has 126 valence electrons. The second-order valence-corrected chi connectivity index (χ2v) is 8.20. The second-order valence-electron chi connectivity index (χ2n) is 4.94. The molecule has 23 heavy (non-hydrogen) atoms. The second kappa shape index (κ2) is 7.92. The van der Waals surface area contributed by atoms with Crippen LogP contribution in [0.4, 0.5) is 0 Å². The monoisotopic (exact) mass is 374 g/mol. The molecule has 0 aliphatic heterocycles. The molecule has 1 heterocycles. The van der Waals surface area contributed by atoms with Gasteiger partial charge in [-0.2, -0.15) is 0 Å². The van der Waals surface area contributed by atoms with Crippen LogP contribution in [0.1, 0.15) is 16.6 Å². The predicted molar refractivity (Wildman–Crippen MR) is 94.1 cm³/mol. The fraction of sp³-hybridized carbons (Fsp3) is 0.267. The average molecular weight is 375 g/mol. The first-order chi connectivity index (χ1) is 10.4. The van der Waals surface area contributed by atoms with E-state index in [1.54, 1.807) is 43.4 Å². The van der Waals surface area contributed by atoms with Crippen LogP contribution in [0.2, 0.25) is 0 Å². The summed E-state index contributed by atoms with van der Waals surface area (Å²) in [5.41, 5.74) is 5.55. The van der Waals surface area contributed by atoms with Crippen molar-refractivity contribution in [3.63, 3.8) is 0 Å². The van der Waals surface area contributed by atoms with Crippen molar-refractivity contribution in [1.82, 2.24) is 4.90 Å². The van der Waals surface area contributed by atoms with Crippen molar-refractivity contribution >= 4 is 39.5 Å². The molecule has 0 aliphatic carbocycles. The summed E-state index contributed by atoms with van der Waals surface area (Å²) in [6, 6.07) is 11.1. The maximum absolute atomic E-state index is 12.5. The molecule has 0 saturated carbocycles. The predicted octanol–water partition coefficient (Wildman–Crippen LogP) is 2.42. The third-order valence-electron chi connectivity index (χ3n) is 3.43. The Hall–Kier alpha value is -1.41. The van der Waals surface area contributed by atoms with Crippen molar-refractivity contribution in [2.24, 2.45) is 5.73 Å². The number of carbonyl (C=O) groups excluding carboxylic acids is 1. The lowest BCUT2D eigenvalue weighted by atomic mass is 10.3. The molecule has 2 N–H and O–H groups in total. The molecule has 2 rings (SSSR count). The minimum atomic E-state index is -3.58. The summed E-state index contributed by atoms with van der Waals surface area (Å²) >= 11 is 0.979. The minimum Gasteiger partial charge on any atom is -0.337 e. The number of hydrogen-bond acceptors (Lipinski definition) is 5. The minimum absolute atomic E-state index is 0. The zero-order chi connectivity index (χ0) is 16.3. The molecule has 0 saturated heterocycles. The van der Waals surface area contributed by atoms with Gasteiger partial charge in [-0.15, -0.1) is 23.7 Å². The van der Waals surface area contributed by atoms with E-state index in [2.05, 4.69) is 0 Å². The molecule has 0 radical (unpaired) electrons. The number of rotatable bonds is 5. The first kappa shape index (κ1) is 19.6. The summed E-state index contributed by atoms with van der Waals surface area (Å²) in [7, 11) is -1.92. The number of likely N-dealkylation sites (N-methyl/N-ethyl adjacent to an activating group) is 1. The number of hydrogen-bond donors (Lipinski definition) is 1. The highest BCUT2D eigenvalue weighted by molar-refractivity contribution is 7.93. The number of nitrogens with zero attached hydrogens (tertiary/aromatic N) is 1. The molecule has 1 aromatic carbocycles. The van der Waals surface area contributed by atoms with Crippen LogP contribution in [0.3, 0.4) is 0 Å². The fourth-order valence-electron chi connectivity index (χ4n) is 1.83. The number of sulfone groups is 1. The van der Waals surface area contributed by atoms with E-state index in [0.717, 1.165) is 11.3 Å².